The van der Waals surface area contributed by atoms with Crippen LogP contribution in [0.25, 0.3) is 0 Å². The van der Waals surface area contributed by atoms with Crippen molar-refractivity contribution in [3.8, 4) is 0 Å². The highest BCUT2D eigenvalue weighted by atomic mass is 15.1. The lowest BCUT2D eigenvalue weighted by atomic mass is 9.79. The van der Waals surface area contributed by atoms with Crippen LogP contribution in [0, 0.1) is 11.8 Å². The molecule has 0 amide bonds. The van der Waals surface area contributed by atoms with Crippen LogP contribution in [0.3, 0.4) is 0 Å². The average Bonchev–Trinajstić information content (AvgIpc) is 2.17. The fraction of sp³-hybridized carbons (Fsp3) is 1.00. The topological polar surface area (TPSA) is 6.48 Å². The van der Waals surface area contributed by atoms with Gasteiger partial charge in [-0.2, -0.15) is 0 Å². The van der Waals surface area contributed by atoms with E-state index in [-0.39, 0.29) is 0 Å². The van der Waals surface area contributed by atoms with E-state index in [1.165, 1.54) is 45.2 Å². The monoisotopic (exact) mass is 212 g/mol. The maximum Gasteiger partial charge on any atom is 0.00184 e. The summed E-state index contributed by atoms with van der Waals surface area (Å²) < 4.78 is 0. The SMILES string of the molecule is CN(C)CC(CN(C)C)C1CCCCC1. The standard InChI is InChI=1S/C13H28N2/c1-14(2)10-13(11-15(3)4)12-8-6-5-7-9-12/h12-13H,5-11H2,1-4H3. The van der Waals surface area contributed by atoms with Crippen LogP contribution < -0.4 is 0 Å². The molecule has 0 aliphatic heterocycles. The fourth-order valence-corrected chi connectivity index (χ4v) is 2.90. The molecular weight excluding hydrogens is 184 g/mol. The second-order valence-electron chi connectivity index (χ2n) is 5.68. The van der Waals surface area contributed by atoms with Crippen LogP contribution in [-0.2, 0) is 0 Å². The Balaban J connectivity index is 2.45. The first-order valence-corrected chi connectivity index (χ1v) is 6.39. The predicted octanol–water partition coefficient (Wildman–Crippen LogP) is 2.31. The van der Waals surface area contributed by atoms with Gasteiger partial charge in [0.1, 0.15) is 0 Å². The van der Waals surface area contributed by atoms with Crippen LogP contribution in [0.4, 0.5) is 0 Å². The van der Waals surface area contributed by atoms with Crippen molar-refractivity contribution in [3.05, 3.63) is 0 Å². The fourth-order valence-electron chi connectivity index (χ4n) is 2.90. The van der Waals surface area contributed by atoms with Gasteiger partial charge in [0, 0.05) is 13.1 Å². The number of hydrogen-bond donors (Lipinski definition) is 0. The molecule has 0 radical (unpaired) electrons. The van der Waals surface area contributed by atoms with E-state index in [2.05, 4.69) is 38.0 Å². The molecule has 1 fully saturated rings. The normalized spacial score (nSPS) is 19.4. The van der Waals surface area contributed by atoms with Gasteiger partial charge >= 0.3 is 0 Å². The Bertz CT molecular complexity index is 150. The molecule has 0 bridgehead atoms. The molecule has 0 aromatic carbocycles. The lowest BCUT2D eigenvalue weighted by Crippen LogP contribution is -2.36. The molecule has 15 heavy (non-hydrogen) atoms. The molecule has 0 aromatic rings. The first-order chi connectivity index (χ1) is 7.09. The lowest BCUT2D eigenvalue weighted by molar-refractivity contribution is 0.162. The zero-order valence-corrected chi connectivity index (χ0v) is 11.0. The smallest absolute Gasteiger partial charge is 0.00184 e. The van der Waals surface area contributed by atoms with Gasteiger partial charge in [0.2, 0.25) is 0 Å². The second-order valence-corrected chi connectivity index (χ2v) is 5.68. The largest absolute Gasteiger partial charge is 0.309 e. The Morgan fingerprint density at radius 2 is 1.33 bits per heavy atom. The Morgan fingerprint density at radius 3 is 1.73 bits per heavy atom. The van der Waals surface area contributed by atoms with Crippen LogP contribution in [0.1, 0.15) is 32.1 Å². The summed E-state index contributed by atoms with van der Waals surface area (Å²) in [5.74, 6) is 1.85. The zero-order chi connectivity index (χ0) is 11.3. The highest BCUT2D eigenvalue weighted by Gasteiger charge is 2.24. The molecule has 1 aliphatic carbocycles. The van der Waals surface area contributed by atoms with Gasteiger partial charge in [-0.05, 0) is 40.0 Å². The van der Waals surface area contributed by atoms with Gasteiger partial charge in [-0.25, -0.2) is 0 Å². The number of nitrogens with zero attached hydrogens (tertiary/aromatic N) is 2. The summed E-state index contributed by atoms with van der Waals surface area (Å²) >= 11 is 0. The van der Waals surface area contributed by atoms with E-state index in [0.29, 0.717) is 0 Å². The first kappa shape index (κ1) is 13.0. The van der Waals surface area contributed by atoms with Crippen molar-refractivity contribution >= 4 is 0 Å². The molecule has 0 N–H and O–H groups in total. The second kappa shape index (κ2) is 6.49. The van der Waals surface area contributed by atoms with Gasteiger partial charge in [0.25, 0.3) is 0 Å². The maximum atomic E-state index is 2.35. The molecule has 1 rings (SSSR count). The van der Waals surface area contributed by atoms with Crippen LogP contribution in [-0.4, -0.2) is 51.1 Å². The minimum absolute atomic E-state index is 0.871. The zero-order valence-electron chi connectivity index (χ0n) is 11.0. The molecule has 2 nitrogen and oxygen atoms in total. The lowest BCUT2D eigenvalue weighted by Gasteiger charge is -2.33. The number of rotatable bonds is 5. The molecule has 0 spiro atoms. The summed E-state index contributed by atoms with van der Waals surface area (Å²) in [6.45, 7) is 2.51. The van der Waals surface area contributed by atoms with E-state index < -0.39 is 0 Å². The molecule has 0 atom stereocenters. The third-order valence-electron chi connectivity index (χ3n) is 3.52. The van der Waals surface area contributed by atoms with Gasteiger partial charge in [-0.1, -0.05) is 32.1 Å². The molecule has 0 heterocycles. The van der Waals surface area contributed by atoms with E-state index in [1.54, 1.807) is 0 Å². The predicted molar refractivity (Wildman–Crippen MR) is 67.2 cm³/mol. The van der Waals surface area contributed by atoms with E-state index in [0.717, 1.165) is 11.8 Å². The molecule has 90 valence electrons. The van der Waals surface area contributed by atoms with Crippen molar-refractivity contribution in [2.75, 3.05) is 41.3 Å². The van der Waals surface area contributed by atoms with Crippen molar-refractivity contribution in [3.63, 3.8) is 0 Å². The third-order valence-corrected chi connectivity index (χ3v) is 3.52. The highest BCUT2D eigenvalue weighted by Crippen LogP contribution is 2.30. The highest BCUT2D eigenvalue weighted by molar-refractivity contribution is 4.77. The van der Waals surface area contributed by atoms with Gasteiger partial charge in [-0.3, -0.25) is 0 Å². The van der Waals surface area contributed by atoms with Crippen molar-refractivity contribution in [1.82, 2.24) is 9.80 Å². The quantitative estimate of drug-likeness (QED) is 0.690. The molecule has 1 saturated carbocycles. The Hall–Kier alpha value is -0.0800. The van der Waals surface area contributed by atoms with Crippen LogP contribution in [0.2, 0.25) is 0 Å². The van der Waals surface area contributed by atoms with Gasteiger partial charge < -0.3 is 9.80 Å². The van der Waals surface area contributed by atoms with E-state index in [9.17, 15) is 0 Å². The number of hydrogen-bond acceptors (Lipinski definition) is 2. The Kier molecular flexibility index (Phi) is 5.62. The summed E-state index contributed by atoms with van der Waals surface area (Å²) in [5.41, 5.74) is 0. The van der Waals surface area contributed by atoms with E-state index in [4.69, 9.17) is 0 Å². The van der Waals surface area contributed by atoms with Gasteiger partial charge in [0.05, 0.1) is 0 Å². The Morgan fingerprint density at radius 1 is 0.867 bits per heavy atom. The minimum atomic E-state index is 0.871. The molecule has 2 heteroatoms. The average molecular weight is 212 g/mol. The summed E-state index contributed by atoms with van der Waals surface area (Å²) in [5, 5.41) is 0. The maximum absolute atomic E-state index is 2.35. The van der Waals surface area contributed by atoms with Crippen molar-refractivity contribution < 1.29 is 0 Å². The van der Waals surface area contributed by atoms with Crippen LogP contribution >= 0.6 is 0 Å². The summed E-state index contributed by atoms with van der Waals surface area (Å²) in [7, 11) is 8.80. The van der Waals surface area contributed by atoms with Crippen LogP contribution in [0.15, 0.2) is 0 Å². The van der Waals surface area contributed by atoms with Crippen molar-refractivity contribution in [2.45, 2.75) is 32.1 Å². The summed E-state index contributed by atoms with van der Waals surface area (Å²) in [6, 6.07) is 0. The molecule has 0 aromatic heterocycles. The van der Waals surface area contributed by atoms with Crippen molar-refractivity contribution in [1.29, 1.82) is 0 Å². The molecular formula is C13H28N2. The van der Waals surface area contributed by atoms with Gasteiger partial charge in [0.15, 0.2) is 0 Å². The van der Waals surface area contributed by atoms with Gasteiger partial charge in [-0.15, -0.1) is 0 Å². The molecule has 0 unspecified atom stereocenters. The third kappa shape index (κ3) is 4.98. The van der Waals surface area contributed by atoms with E-state index in [1.807, 2.05) is 0 Å². The molecule has 0 saturated heterocycles. The van der Waals surface area contributed by atoms with Crippen LogP contribution in [0.5, 0.6) is 0 Å². The Labute approximate surface area is 95.6 Å². The summed E-state index contributed by atoms with van der Waals surface area (Å²) in [4.78, 5) is 4.70. The minimum Gasteiger partial charge on any atom is -0.309 e. The van der Waals surface area contributed by atoms with Crippen molar-refractivity contribution in [2.24, 2.45) is 11.8 Å². The summed E-state index contributed by atoms with van der Waals surface area (Å²) in [6.07, 6.45) is 7.32. The molecule has 1 aliphatic rings. The van der Waals surface area contributed by atoms with E-state index >= 15 is 0 Å². The first-order valence-electron chi connectivity index (χ1n) is 6.39.